The Bertz CT molecular complexity index is 1500. The van der Waals surface area contributed by atoms with Crippen molar-refractivity contribution in [3.8, 4) is 11.4 Å². The summed E-state index contributed by atoms with van der Waals surface area (Å²) >= 11 is 0. The van der Waals surface area contributed by atoms with Crippen molar-refractivity contribution in [2.75, 3.05) is 0 Å². The molecule has 0 aliphatic rings. The number of nitrogens with zero attached hydrogens (tertiary/aromatic N) is 4. The lowest BCUT2D eigenvalue weighted by Gasteiger charge is -2.10. The van der Waals surface area contributed by atoms with E-state index in [1.807, 2.05) is 43.3 Å². The summed E-state index contributed by atoms with van der Waals surface area (Å²) in [5.41, 5.74) is 2.79. The monoisotopic (exact) mass is 412 g/mol. The quantitative estimate of drug-likeness (QED) is 0.418. The maximum atomic E-state index is 13.3. The van der Waals surface area contributed by atoms with Crippen LogP contribution in [0.2, 0.25) is 0 Å². The van der Waals surface area contributed by atoms with Gasteiger partial charge in [0.15, 0.2) is 17.3 Å². The molecule has 0 N–H and O–H groups in total. The fourth-order valence-corrected chi connectivity index (χ4v) is 3.58. The average molecular weight is 412 g/mol. The highest BCUT2D eigenvalue weighted by Gasteiger charge is 2.18. The molecule has 6 nitrogen and oxygen atoms in total. The van der Waals surface area contributed by atoms with Crippen LogP contribution in [0.15, 0.2) is 77.6 Å². The van der Waals surface area contributed by atoms with Gasteiger partial charge < -0.3 is 0 Å². The van der Waals surface area contributed by atoms with E-state index in [-0.39, 0.29) is 12.3 Å². The number of fused-ring (bicyclic) bond motifs is 3. The van der Waals surface area contributed by atoms with E-state index in [4.69, 9.17) is 0 Å². The van der Waals surface area contributed by atoms with Gasteiger partial charge in [-0.25, -0.2) is 14.2 Å². The molecule has 0 unspecified atom stereocenters. The zero-order chi connectivity index (χ0) is 21.5. The molecule has 0 radical (unpaired) electrons. The second kappa shape index (κ2) is 7.28. The van der Waals surface area contributed by atoms with Crippen LogP contribution in [-0.4, -0.2) is 24.9 Å². The number of carbonyl (C=O) groups excluding carboxylic acids is 1. The second-order valence-corrected chi connectivity index (χ2v) is 7.35. The van der Waals surface area contributed by atoms with Gasteiger partial charge in [-0.2, -0.15) is 4.52 Å². The number of aryl methyl sites for hydroxylation is 1. The third kappa shape index (κ3) is 3.30. The molecule has 3 aromatic carbocycles. The molecular weight excluding hydrogens is 395 g/mol. The van der Waals surface area contributed by atoms with Crippen LogP contribution in [-0.2, 0) is 6.54 Å². The largest absolute Gasteiger partial charge is 0.351 e. The summed E-state index contributed by atoms with van der Waals surface area (Å²) in [6.45, 7) is 1.80. The minimum Gasteiger partial charge on any atom is -0.292 e. The van der Waals surface area contributed by atoms with Crippen LogP contribution in [0.4, 0.5) is 4.39 Å². The summed E-state index contributed by atoms with van der Waals surface area (Å²) in [6.07, 6.45) is 0. The molecular formula is C24H17FN4O2. The normalized spacial score (nSPS) is 11.3. The predicted molar refractivity (Wildman–Crippen MR) is 116 cm³/mol. The third-order valence-corrected chi connectivity index (χ3v) is 5.23. The number of halogens is 1. The average Bonchev–Trinajstić information content (AvgIpc) is 3.23. The molecule has 5 rings (SSSR count). The molecule has 7 heteroatoms. The van der Waals surface area contributed by atoms with Gasteiger partial charge in [0, 0.05) is 16.5 Å². The lowest BCUT2D eigenvalue weighted by molar-refractivity contribution is 0.0971. The lowest BCUT2D eigenvalue weighted by Crippen LogP contribution is -2.30. The zero-order valence-corrected chi connectivity index (χ0v) is 16.6. The fourth-order valence-electron chi connectivity index (χ4n) is 3.58. The van der Waals surface area contributed by atoms with Crippen molar-refractivity contribution in [3.05, 3.63) is 100 Å². The van der Waals surface area contributed by atoms with Gasteiger partial charge in [-0.3, -0.25) is 9.36 Å². The first-order valence-corrected chi connectivity index (χ1v) is 9.75. The van der Waals surface area contributed by atoms with E-state index >= 15 is 0 Å². The Morgan fingerprint density at radius 3 is 2.42 bits per heavy atom. The van der Waals surface area contributed by atoms with E-state index in [1.54, 1.807) is 12.1 Å². The smallest absolute Gasteiger partial charge is 0.292 e. The van der Waals surface area contributed by atoms with Gasteiger partial charge in [0.1, 0.15) is 5.82 Å². The molecule has 0 aliphatic heterocycles. The summed E-state index contributed by atoms with van der Waals surface area (Å²) in [6, 6.07) is 20.3. The standard InChI is InChI=1S/C24H17FN4O2/c1-15-6-8-17(9-7-15)22-26-23-19-4-2-3-5-20(19)28(24(31)29(23)27-22)14-21(30)16-10-12-18(25)13-11-16/h2-13H,14H2,1H3. The van der Waals surface area contributed by atoms with Crippen LogP contribution in [0.1, 0.15) is 15.9 Å². The fraction of sp³-hybridized carbons (Fsp3) is 0.0833. The Labute approximate surface area is 176 Å². The molecule has 31 heavy (non-hydrogen) atoms. The molecule has 152 valence electrons. The Balaban J connectivity index is 1.68. The van der Waals surface area contributed by atoms with Gasteiger partial charge in [0.25, 0.3) is 0 Å². The number of para-hydroxylation sites is 1. The van der Waals surface area contributed by atoms with Crippen molar-refractivity contribution < 1.29 is 9.18 Å². The molecule has 0 saturated heterocycles. The number of rotatable bonds is 4. The summed E-state index contributed by atoms with van der Waals surface area (Å²) in [7, 11) is 0. The maximum Gasteiger partial charge on any atom is 0.351 e. The van der Waals surface area contributed by atoms with Crippen molar-refractivity contribution in [1.82, 2.24) is 19.2 Å². The van der Waals surface area contributed by atoms with Gasteiger partial charge >= 0.3 is 5.69 Å². The molecule has 2 heterocycles. The first kappa shape index (κ1) is 18.9. The van der Waals surface area contributed by atoms with Crippen LogP contribution in [0, 0.1) is 12.7 Å². The molecule has 0 bridgehead atoms. The van der Waals surface area contributed by atoms with Gasteiger partial charge in [-0.05, 0) is 43.3 Å². The van der Waals surface area contributed by atoms with Gasteiger partial charge in [0.2, 0.25) is 0 Å². The number of carbonyl (C=O) groups is 1. The second-order valence-electron chi connectivity index (χ2n) is 7.35. The number of benzene rings is 3. The van der Waals surface area contributed by atoms with Crippen LogP contribution >= 0.6 is 0 Å². The van der Waals surface area contributed by atoms with Gasteiger partial charge in [-0.15, -0.1) is 5.10 Å². The molecule has 0 spiro atoms. The van der Waals surface area contributed by atoms with Crippen molar-refractivity contribution in [2.45, 2.75) is 13.5 Å². The molecule has 2 aromatic heterocycles. The lowest BCUT2D eigenvalue weighted by atomic mass is 10.1. The highest BCUT2D eigenvalue weighted by molar-refractivity contribution is 5.98. The number of ketones is 1. The molecule has 0 aliphatic carbocycles. The molecule has 0 fully saturated rings. The SMILES string of the molecule is Cc1ccc(-c2nc3c4ccccc4n(CC(=O)c4ccc(F)cc4)c(=O)n3n2)cc1. The molecule has 0 atom stereocenters. The molecule has 0 amide bonds. The summed E-state index contributed by atoms with van der Waals surface area (Å²) in [5, 5.41) is 5.13. The van der Waals surface area contributed by atoms with Crippen LogP contribution in [0.3, 0.4) is 0 Å². The van der Waals surface area contributed by atoms with Crippen LogP contribution in [0.5, 0.6) is 0 Å². The van der Waals surface area contributed by atoms with Crippen molar-refractivity contribution in [1.29, 1.82) is 0 Å². The van der Waals surface area contributed by atoms with E-state index in [9.17, 15) is 14.0 Å². The van der Waals surface area contributed by atoms with Crippen molar-refractivity contribution in [3.63, 3.8) is 0 Å². The van der Waals surface area contributed by atoms with Gasteiger partial charge in [-0.1, -0.05) is 42.0 Å². The molecule has 5 aromatic rings. The highest BCUT2D eigenvalue weighted by Crippen LogP contribution is 2.21. The first-order valence-electron chi connectivity index (χ1n) is 9.75. The topological polar surface area (TPSA) is 69.3 Å². The Kier molecular flexibility index (Phi) is 4.43. The van der Waals surface area contributed by atoms with Gasteiger partial charge in [0.05, 0.1) is 12.1 Å². The Hall–Kier alpha value is -4.13. The van der Waals surface area contributed by atoms with Crippen LogP contribution < -0.4 is 5.69 Å². The predicted octanol–water partition coefficient (Wildman–Crippen LogP) is 4.04. The van der Waals surface area contributed by atoms with E-state index in [0.29, 0.717) is 27.9 Å². The highest BCUT2D eigenvalue weighted by atomic mass is 19.1. The van der Waals surface area contributed by atoms with E-state index in [0.717, 1.165) is 11.1 Å². The molecule has 0 saturated carbocycles. The number of hydrogen-bond acceptors (Lipinski definition) is 4. The van der Waals surface area contributed by atoms with E-state index < -0.39 is 11.5 Å². The van der Waals surface area contributed by atoms with E-state index in [2.05, 4.69) is 10.1 Å². The summed E-state index contributed by atoms with van der Waals surface area (Å²) in [4.78, 5) is 30.7. The summed E-state index contributed by atoms with van der Waals surface area (Å²) in [5.74, 6) is -0.290. The minimum atomic E-state index is -0.463. The number of hydrogen-bond donors (Lipinski definition) is 0. The Morgan fingerprint density at radius 2 is 1.68 bits per heavy atom. The van der Waals surface area contributed by atoms with E-state index in [1.165, 1.54) is 33.3 Å². The first-order chi connectivity index (χ1) is 15.0. The maximum absolute atomic E-state index is 13.3. The van der Waals surface area contributed by atoms with Crippen LogP contribution in [0.25, 0.3) is 27.9 Å². The third-order valence-electron chi connectivity index (χ3n) is 5.23. The number of Topliss-reactive ketones (excluding diaryl/α,β-unsaturated/α-hetero) is 1. The number of aromatic nitrogens is 4. The summed E-state index contributed by atoms with van der Waals surface area (Å²) < 4.78 is 15.8. The Morgan fingerprint density at radius 1 is 0.968 bits per heavy atom. The zero-order valence-electron chi connectivity index (χ0n) is 16.6. The minimum absolute atomic E-state index is 0.194. The van der Waals surface area contributed by atoms with Crippen molar-refractivity contribution in [2.24, 2.45) is 0 Å². The van der Waals surface area contributed by atoms with Crippen molar-refractivity contribution >= 4 is 22.3 Å².